The lowest BCUT2D eigenvalue weighted by Crippen LogP contribution is -2.28. The Labute approximate surface area is 155 Å². The van der Waals surface area contributed by atoms with Crippen LogP contribution in [-0.4, -0.2) is 42.5 Å². The second kappa shape index (κ2) is 7.85. The minimum atomic E-state index is -0.168. The molecule has 1 aromatic heterocycles. The number of hydrogen-bond acceptors (Lipinski definition) is 6. The predicted molar refractivity (Wildman–Crippen MR) is 109 cm³/mol. The molecule has 2 aromatic carbocycles. The molecule has 0 fully saturated rings. The summed E-state index contributed by atoms with van der Waals surface area (Å²) in [6.07, 6.45) is 0.782. The normalized spacial score (nSPS) is 11.3. The average Bonchev–Trinajstić information content (AvgIpc) is 2.66. The van der Waals surface area contributed by atoms with Crippen LogP contribution in [0.25, 0.3) is 20.2 Å². The summed E-state index contributed by atoms with van der Waals surface area (Å²) in [5.74, 6) is 0.0590. The molecule has 136 valence electrons. The summed E-state index contributed by atoms with van der Waals surface area (Å²) in [4.78, 5) is 26.8. The maximum absolute atomic E-state index is 13.1. The molecule has 0 unspecified atom stereocenters. The highest BCUT2D eigenvalue weighted by atomic mass is 32.1. The van der Waals surface area contributed by atoms with Crippen molar-refractivity contribution in [3.8, 4) is 5.75 Å². The molecule has 0 spiro atoms. The fraction of sp³-hybridized carbons (Fsp3) is 0.300. The summed E-state index contributed by atoms with van der Waals surface area (Å²) in [5, 5.41) is 14.1. The van der Waals surface area contributed by atoms with Gasteiger partial charge in [0.1, 0.15) is 5.75 Å². The second-order valence-electron chi connectivity index (χ2n) is 6.09. The van der Waals surface area contributed by atoms with Crippen LogP contribution in [0.2, 0.25) is 0 Å². The molecule has 0 saturated heterocycles. The third kappa shape index (κ3) is 3.43. The van der Waals surface area contributed by atoms with Crippen LogP contribution >= 0.6 is 11.3 Å². The van der Waals surface area contributed by atoms with Gasteiger partial charge in [0.25, 0.3) is 0 Å². The highest BCUT2D eigenvalue weighted by Gasteiger charge is 2.14. The van der Waals surface area contributed by atoms with E-state index in [1.165, 1.54) is 17.4 Å². The number of rotatable bonds is 7. The van der Waals surface area contributed by atoms with Gasteiger partial charge in [-0.3, -0.25) is 9.59 Å². The van der Waals surface area contributed by atoms with E-state index in [2.05, 4.69) is 24.1 Å². The zero-order valence-corrected chi connectivity index (χ0v) is 15.7. The largest absolute Gasteiger partial charge is 0.508 e. The number of carbonyl (C=O) groups excluding carboxylic acids is 1. The number of fused-ring (bicyclic) bond motifs is 2. The first kappa shape index (κ1) is 18.4. The molecule has 0 amide bonds. The zero-order valence-electron chi connectivity index (χ0n) is 14.9. The first-order chi connectivity index (χ1) is 12.6. The lowest BCUT2D eigenvalue weighted by molar-refractivity contribution is 0.112. The van der Waals surface area contributed by atoms with Crippen LogP contribution in [0.5, 0.6) is 5.75 Å². The quantitative estimate of drug-likeness (QED) is 0.490. The van der Waals surface area contributed by atoms with Crippen molar-refractivity contribution >= 4 is 43.5 Å². The molecule has 0 aliphatic rings. The molecule has 26 heavy (non-hydrogen) atoms. The van der Waals surface area contributed by atoms with Crippen molar-refractivity contribution in [1.29, 1.82) is 0 Å². The molecule has 0 atom stereocenters. The predicted octanol–water partition coefficient (Wildman–Crippen LogP) is 3.69. The Kier molecular flexibility index (Phi) is 5.54. The molecule has 0 aliphatic carbocycles. The standard InChI is InChI=1S/C20H22N2O3S/c1-3-22(4-2)10-9-21-16-7-5-13(12-23)20-18(16)19(25)15-11-14(24)6-8-17(15)26-20/h5-8,11-12,21,24H,3-4,9-10H2,1-2H3. The maximum Gasteiger partial charge on any atom is 0.198 e. The number of hydrogen-bond donors (Lipinski definition) is 2. The maximum atomic E-state index is 13.1. The van der Waals surface area contributed by atoms with Crippen molar-refractivity contribution in [2.75, 3.05) is 31.5 Å². The van der Waals surface area contributed by atoms with E-state index in [4.69, 9.17) is 0 Å². The number of likely N-dealkylation sites (N-methyl/N-ethyl adjacent to an activating group) is 1. The lowest BCUT2D eigenvalue weighted by atomic mass is 10.1. The van der Waals surface area contributed by atoms with E-state index in [1.807, 2.05) is 0 Å². The Bertz CT molecular complexity index is 1010. The Morgan fingerprint density at radius 2 is 1.96 bits per heavy atom. The molecular formula is C20H22N2O3S. The molecule has 0 aliphatic heterocycles. The van der Waals surface area contributed by atoms with Gasteiger partial charge >= 0.3 is 0 Å². The Balaban J connectivity index is 2.12. The molecule has 3 rings (SSSR count). The summed E-state index contributed by atoms with van der Waals surface area (Å²) in [5.41, 5.74) is 1.06. The highest BCUT2D eigenvalue weighted by molar-refractivity contribution is 7.25. The van der Waals surface area contributed by atoms with Gasteiger partial charge in [0.05, 0.1) is 10.1 Å². The minimum absolute atomic E-state index is 0.0590. The number of nitrogens with one attached hydrogen (secondary N) is 1. The van der Waals surface area contributed by atoms with Gasteiger partial charge in [-0.15, -0.1) is 11.3 Å². The molecule has 0 bridgehead atoms. The number of nitrogens with zero attached hydrogens (tertiary/aromatic N) is 1. The van der Waals surface area contributed by atoms with Crippen LogP contribution in [0.1, 0.15) is 24.2 Å². The Morgan fingerprint density at radius 1 is 1.19 bits per heavy atom. The monoisotopic (exact) mass is 370 g/mol. The van der Waals surface area contributed by atoms with Crippen molar-refractivity contribution in [3.05, 3.63) is 46.1 Å². The molecular weight excluding hydrogens is 348 g/mol. The topological polar surface area (TPSA) is 69.6 Å². The first-order valence-corrected chi connectivity index (χ1v) is 9.54. The number of carbonyl (C=O) groups is 1. The first-order valence-electron chi connectivity index (χ1n) is 8.73. The molecule has 3 aromatic rings. The van der Waals surface area contributed by atoms with Gasteiger partial charge in [-0.2, -0.15) is 0 Å². The summed E-state index contributed by atoms with van der Waals surface area (Å²) < 4.78 is 1.43. The molecule has 6 heteroatoms. The van der Waals surface area contributed by atoms with Crippen molar-refractivity contribution in [1.82, 2.24) is 4.90 Å². The summed E-state index contributed by atoms with van der Waals surface area (Å²) in [7, 11) is 0. The smallest absolute Gasteiger partial charge is 0.198 e. The van der Waals surface area contributed by atoms with Gasteiger partial charge in [0, 0.05) is 34.4 Å². The van der Waals surface area contributed by atoms with Crippen molar-refractivity contribution in [3.63, 3.8) is 0 Å². The number of anilines is 1. The van der Waals surface area contributed by atoms with Gasteiger partial charge in [-0.05, 0) is 43.4 Å². The van der Waals surface area contributed by atoms with E-state index in [0.29, 0.717) is 27.6 Å². The number of benzene rings is 2. The van der Waals surface area contributed by atoms with Crippen molar-refractivity contribution in [2.45, 2.75) is 13.8 Å². The number of aromatic hydroxyl groups is 1. The summed E-state index contributed by atoms with van der Waals surface area (Å²) in [6, 6.07) is 8.29. The second-order valence-corrected chi connectivity index (χ2v) is 7.14. The Hall–Kier alpha value is -2.44. The van der Waals surface area contributed by atoms with Gasteiger partial charge < -0.3 is 15.3 Å². The van der Waals surface area contributed by atoms with E-state index < -0.39 is 0 Å². The summed E-state index contributed by atoms with van der Waals surface area (Å²) in [6.45, 7) is 7.76. The fourth-order valence-electron chi connectivity index (χ4n) is 3.09. The van der Waals surface area contributed by atoms with Crippen LogP contribution in [0.4, 0.5) is 5.69 Å². The van der Waals surface area contributed by atoms with Crippen LogP contribution in [0.3, 0.4) is 0 Å². The van der Waals surface area contributed by atoms with Crippen molar-refractivity contribution < 1.29 is 9.90 Å². The van der Waals surface area contributed by atoms with Crippen LogP contribution < -0.4 is 10.7 Å². The van der Waals surface area contributed by atoms with E-state index >= 15 is 0 Å². The van der Waals surface area contributed by atoms with E-state index in [0.717, 1.165) is 36.3 Å². The van der Waals surface area contributed by atoms with Gasteiger partial charge in [0.2, 0.25) is 0 Å². The number of aldehydes is 1. The van der Waals surface area contributed by atoms with Gasteiger partial charge in [-0.25, -0.2) is 0 Å². The molecule has 0 saturated carbocycles. The third-order valence-electron chi connectivity index (χ3n) is 4.60. The average molecular weight is 370 g/mol. The Morgan fingerprint density at radius 3 is 2.65 bits per heavy atom. The molecule has 1 heterocycles. The molecule has 5 nitrogen and oxygen atoms in total. The minimum Gasteiger partial charge on any atom is -0.508 e. The van der Waals surface area contributed by atoms with E-state index in [-0.39, 0.29) is 11.2 Å². The fourth-order valence-corrected chi connectivity index (χ4v) is 4.25. The van der Waals surface area contributed by atoms with Crippen molar-refractivity contribution in [2.24, 2.45) is 0 Å². The number of phenols is 1. The van der Waals surface area contributed by atoms with Gasteiger partial charge in [-0.1, -0.05) is 13.8 Å². The summed E-state index contributed by atoms with van der Waals surface area (Å²) >= 11 is 1.40. The van der Waals surface area contributed by atoms with Crippen LogP contribution in [0.15, 0.2) is 35.1 Å². The molecule has 2 N–H and O–H groups in total. The molecule has 0 radical (unpaired) electrons. The SMILES string of the molecule is CCN(CC)CCNc1ccc(C=O)c2sc3ccc(O)cc3c(=O)c12. The van der Waals surface area contributed by atoms with Crippen LogP contribution in [-0.2, 0) is 0 Å². The zero-order chi connectivity index (χ0) is 18.7. The third-order valence-corrected chi connectivity index (χ3v) is 5.82. The van der Waals surface area contributed by atoms with E-state index in [1.54, 1.807) is 24.3 Å². The van der Waals surface area contributed by atoms with Gasteiger partial charge in [0.15, 0.2) is 11.7 Å². The number of phenolic OH excluding ortho intramolecular Hbond substituents is 1. The van der Waals surface area contributed by atoms with E-state index in [9.17, 15) is 14.7 Å². The van der Waals surface area contributed by atoms with Crippen LogP contribution in [0, 0.1) is 0 Å². The lowest BCUT2D eigenvalue weighted by Gasteiger charge is -2.19. The highest BCUT2D eigenvalue weighted by Crippen LogP contribution is 2.32.